The summed E-state index contributed by atoms with van der Waals surface area (Å²) in [5.41, 5.74) is -0.0371. The molecule has 1 unspecified atom stereocenters. The van der Waals surface area contributed by atoms with E-state index in [0.717, 1.165) is 12.8 Å². The number of carbonyl (C=O) groups is 1. The largest absolute Gasteiger partial charge is 0.373 e. The molecule has 102 valence electrons. The minimum absolute atomic E-state index is 0.0371. The molecule has 1 spiro atoms. The molecule has 3 rings (SSSR count). The summed E-state index contributed by atoms with van der Waals surface area (Å²) in [5, 5.41) is 0. The van der Waals surface area contributed by atoms with Crippen molar-refractivity contribution in [3.05, 3.63) is 0 Å². The summed E-state index contributed by atoms with van der Waals surface area (Å²) in [6.07, 6.45) is 15.2. The van der Waals surface area contributed by atoms with E-state index < -0.39 is 0 Å². The summed E-state index contributed by atoms with van der Waals surface area (Å²) in [5.74, 6) is 0.501. The number of hydrogen-bond acceptors (Lipinski definition) is 2. The van der Waals surface area contributed by atoms with Crippen LogP contribution in [0.2, 0.25) is 0 Å². The number of hydrogen-bond donors (Lipinski definition) is 0. The molecule has 0 amide bonds. The lowest BCUT2D eigenvalue weighted by Crippen LogP contribution is -2.57. The second kappa shape index (κ2) is 5.32. The van der Waals surface area contributed by atoms with E-state index in [1.165, 1.54) is 57.8 Å². The lowest BCUT2D eigenvalue weighted by Gasteiger charge is -2.50. The van der Waals surface area contributed by atoms with Crippen molar-refractivity contribution < 1.29 is 9.53 Å². The SMILES string of the molecule is O=C1CC(OC2CCCCCC2)C12CCCCC2. The second-order valence-corrected chi connectivity index (χ2v) is 6.58. The van der Waals surface area contributed by atoms with E-state index in [4.69, 9.17) is 4.74 Å². The van der Waals surface area contributed by atoms with Crippen LogP contribution in [0.15, 0.2) is 0 Å². The van der Waals surface area contributed by atoms with Gasteiger partial charge in [-0.15, -0.1) is 0 Å². The van der Waals surface area contributed by atoms with Crippen molar-refractivity contribution in [2.75, 3.05) is 0 Å². The van der Waals surface area contributed by atoms with Crippen LogP contribution in [0, 0.1) is 5.41 Å². The third kappa shape index (κ3) is 2.24. The highest BCUT2D eigenvalue weighted by molar-refractivity contribution is 5.92. The van der Waals surface area contributed by atoms with Crippen molar-refractivity contribution in [3.8, 4) is 0 Å². The van der Waals surface area contributed by atoms with Crippen LogP contribution < -0.4 is 0 Å². The van der Waals surface area contributed by atoms with E-state index in [2.05, 4.69) is 0 Å². The Balaban J connectivity index is 1.60. The lowest BCUT2D eigenvalue weighted by molar-refractivity contribution is -0.178. The van der Waals surface area contributed by atoms with Gasteiger partial charge in [0.25, 0.3) is 0 Å². The highest BCUT2D eigenvalue weighted by Crippen LogP contribution is 2.51. The smallest absolute Gasteiger partial charge is 0.144 e. The monoisotopic (exact) mass is 250 g/mol. The quantitative estimate of drug-likeness (QED) is 0.692. The van der Waals surface area contributed by atoms with Gasteiger partial charge < -0.3 is 4.74 Å². The van der Waals surface area contributed by atoms with E-state index in [1.807, 2.05) is 0 Å². The standard InChI is InChI=1S/C16H26O2/c17-14-12-15(16(14)10-6-3-7-11-16)18-13-8-4-1-2-5-9-13/h13,15H,1-12H2. The summed E-state index contributed by atoms with van der Waals surface area (Å²) in [6.45, 7) is 0. The predicted octanol–water partition coefficient (Wildman–Crippen LogP) is 4.02. The maximum Gasteiger partial charge on any atom is 0.144 e. The van der Waals surface area contributed by atoms with Gasteiger partial charge in [0.1, 0.15) is 5.78 Å². The number of carbonyl (C=O) groups excluding carboxylic acids is 1. The Kier molecular flexibility index (Phi) is 3.74. The molecule has 0 N–H and O–H groups in total. The average Bonchev–Trinajstić information content (AvgIpc) is 2.68. The topological polar surface area (TPSA) is 26.3 Å². The molecule has 0 aromatic heterocycles. The first-order chi connectivity index (χ1) is 8.81. The van der Waals surface area contributed by atoms with Crippen LogP contribution in [0.25, 0.3) is 0 Å². The van der Waals surface area contributed by atoms with Crippen LogP contribution in [0.1, 0.15) is 77.0 Å². The first-order valence-corrected chi connectivity index (χ1v) is 8.00. The first-order valence-electron chi connectivity index (χ1n) is 8.00. The van der Waals surface area contributed by atoms with Crippen LogP contribution in [0.5, 0.6) is 0 Å². The van der Waals surface area contributed by atoms with E-state index in [-0.39, 0.29) is 11.5 Å². The van der Waals surface area contributed by atoms with Gasteiger partial charge >= 0.3 is 0 Å². The Morgan fingerprint density at radius 2 is 1.50 bits per heavy atom. The van der Waals surface area contributed by atoms with Gasteiger partial charge in [-0.2, -0.15) is 0 Å². The summed E-state index contributed by atoms with van der Waals surface area (Å²) in [7, 11) is 0. The minimum atomic E-state index is -0.0371. The third-order valence-electron chi connectivity index (χ3n) is 5.45. The van der Waals surface area contributed by atoms with Crippen LogP contribution in [0.3, 0.4) is 0 Å². The van der Waals surface area contributed by atoms with E-state index in [1.54, 1.807) is 0 Å². The van der Waals surface area contributed by atoms with Crippen LogP contribution in [0.4, 0.5) is 0 Å². The highest BCUT2D eigenvalue weighted by Gasteiger charge is 2.55. The Hall–Kier alpha value is -0.370. The van der Waals surface area contributed by atoms with Crippen LogP contribution >= 0.6 is 0 Å². The van der Waals surface area contributed by atoms with E-state index in [9.17, 15) is 4.79 Å². The van der Waals surface area contributed by atoms with Crippen LogP contribution in [-0.4, -0.2) is 18.0 Å². The zero-order valence-electron chi connectivity index (χ0n) is 11.5. The van der Waals surface area contributed by atoms with Gasteiger partial charge in [-0.25, -0.2) is 0 Å². The Morgan fingerprint density at radius 3 is 2.11 bits per heavy atom. The first kappa shape index (κ1) is 12.7. The van der Waals surface area contributed by atoms with Gasteiger partial charge in [-0.05, 0) is 25.7 Å². The van der Waals surface area contributed by atoms with Gasteiger partial charge in [-0.3, -0.25) is 4.79 Å². The molecule has 3 aliphatic carbocycles. The normalized spacial score (nSPS) is 33.1. The summed E-state index contributed by atoms with van der Waals surface area (Å²) >= 11 is 0. The third-order valence-corrected chi connectivity index (χ3v) is 5.45. The number of ether oxygens (including phenoxy) is 1. The molecule has 0 aliphatic heterocycles. The summed E-state index contributed by atoms with van der Waals surface area (Å²) in [6, 6.07) is 0. The van der Waals surface area contributed by atoms with Crippen molar-refractivity contribution >= 4 is 5.78 Å². The second-order valence-electron chi connectivity index (χ2n) is 6.58. The van der Waals surface area contributed by atoms with Crippen molar-refractivity contribution in [2.45, 2.75) is 89.3 Å². The molecule has 18 heavy (non-hydrogen) atoms. The Morgan fingerprint density at radius 1 is 0.889 bits per heavy atom. The number of rotatable bonds is 2. The zero-order chi connectivity index (χ0) is 12.4. The maximum atomic E-state index is 12.0. The van der Waals surface area contributed by atoms with E-state index in [0.29, 0.717) is 18.3 Å². The number of ketones is 1. The van der Waals surface area contributed by atoms with Gasteiger partial charge in [0.2, 0.25) is 0 Å². The fraction of sp³-hybridized carbons (Fsp3) is 0.938. The lowest BCUT2D eigenvalue weighted by atomic mass is 9.57. The van der Waals surface area contributed by atoms with Gasteiger partial charge in [0.05, 0.1) is 17.6 Å². The molecule has 0 saturated heterocycles. The fourth-order valence-electron chi connectivity index (χ4n) is 4.19. The molecule has 0 aromatic rings. The molecule has 2 nitrogen and oxygen atoms in total. The number of Topliss-reactive ketones (excluding diaryl/α,β-unsaturated/α-hetero) is 1. The summed E-state index contributed by atoms with van der Waals surface area (Å²) < 4.78 is 6.35. The molecule has 1 atom stereocenters. The van der Waals surface area contributed by atoms with Gasteiger partial charge in [0.15, 0.2) is 0 Å². The molecule has 3 saturated carbocycles. The van der Waals surface area contributed by atoms with Crippen molar-refractivity contribution in [3.63, 3.8) is 0 Å². The molecular formula is C16H26O2. The Bertz CT molecular complexity index is 296. The zero-order valence-corrected chi connectivity index (χ0v) is 11.5. The molecule has 0 bridgehead atoms. The fourth-order valence-corrected chi connectivity index (χ4v) is 4.19. The van der Waals surface area contributed by atoms with Gasteiger partial charge in [0, 0.05) is 6.42 Å². The van der Waals surface area contributed by atoms with Gasteiger partial charge in [-0.1, -0.05) is 44.9 Å². The molecule has 3 fully saturated rings. The molecular weight excluding hydrogens is 224 g/mol. The molecule has 0 aromatic carbocycles. The van der Waals surface area contributed by atoms with Crippen LogP contribution in [-0.2, 0) is 9.53 Å². The molecule has 2 heteroatoms. The Labute approximate surface area is 110 Å². The average molecular weight is 250 g/mol. The molecule has 3 aliphatic rings. The van der Waals surface area contributed by atoms with Crippen molar-refractivity contribution in [1.82, 2.24) is 0 Å². The highest BCUT2D eigenvalue weighted by atomic mass is 16.5. The molecule has 0 radical (unpaired) electrons. The predicted molar refractivity (Wildman–Crippen MR) is 71.5 cm³/mol. The summed E-state index contributed by atoms with van der Waals surface area (Å²) in [4.78, 5) is 12.0. The maximum absolute atomic E-state index is 12.0. The molecule has 0 heterocycles. The van der Waals surface area contributed by atoms with Crippen molar-refractivity contribution in [1.29, 1.82) is 0 Å². The van der Waals surface area contributed by atoms with Crippen molar-refractivity contribution in [2.24, 2.45) is 5.41 Å². The van der Waals surface area contributed by atoms with E-state index >= 15 is 0 Å². The minimum Gasteiger partial charge on any atom is -0.373 e.